The van der Waals surface area contributed by atoms with Crippen molar-refractivity contribution in [2.75, 3.05) is 0 Å². The largest absolute Gasteiger partial charge is 0.487 e. The van der Waals surface area contributed by atoms with Crippen molar-refractivity contribution in [2.45, 2.75) is 83.5 Å². The molecule has 0 bridgehead atoms. The smallest absolute Gasteiger partial charge is 0.261 e. The predicted octanol–water partition coefficient (Wildman–Crippen LogP) is 5.53. The van der Waals surface area contributed by atoms with Crippen LogP contribution in [0.1, 0.15) is 75.6 Å². The molecule has 0 unspecified atom stereocenters. The Labute approximate surface area is 180 Å². The minimum absolute atomic E-state index is 0.0712. The molecule has 0 radical (unpaired) electrons. The van der Waals surface area contributed by atoms with Gasteiger partial charge in [-0.3, -0.25) is 4.79 Å². The van der Waals surface area contributed by atoms with Crippen molar-refractivity contribution < 1.29 is 14.3 Å². The van der Waals surface area contributed by atoms with E-state index in [1.807, 2.05) is 37.3 Å². The first-order chi connectivity index (χ1) is 14.5. The third kappa shape index (κ3) is 4.05. The summed E-state index contributed by atoms with van der Waals surface area (Å²) in [5.41, 5.74) is 3.44. The number of benzene rings is 2. The van der Waals surface area contributed by atoms with Gasteiger partial charge in [0.25, 0.3) is 5.91 Å². The molecule has 2 atom stereocenters. The van der Waals surface area contributed by atoms with Crippen molar-refractivity contribution >= 4 is 5.91 Å². The monoisotopic (exact) mass is 407 g/mol. The average molecular weight is 408 g/mol. The number of rotatable bonds is 6. The highest BCUT2D eigenvalue weighted by molar-refractivity contribution is 5.81. The molecule has 0 fully saturated rings. The lowest BCUT2D eigenvalue weighted by Gasteiger charge is -2.42. The van der Waals surface area contributed by atoms with Crippen LogP contribution in [0.2, 0.25) is 0 Å². The lowest BCUT2D eigenvalue weighted by atomic mass is 9.83. The molecule has 0 saturated carbocycles. The first-order valence-electron chi connectivity index (χ1n) is 11.4. The van der Waals surface area contributed by atoms with Crippen LogP contribution >= 0.6 is 0 Å². The molecule has 1 heterocycles. The maximum atomic E-state index is 13.1. The second-order valence-corrected chi connectivity index (χ2v) is 8.66. The quantitative estimate of drug-likeness (QED) is 0.685. The number of carbonyl (C=O) groups excluding carboxylic acids is 1. The first kappa shape index (κ1) is 20.8. The maximum Gasteiger partial charge on any atom is 0.261 e. The summed E-state index contributed by atoms with van der Waals surface area (Å²) >= 11 is 0. The minimum Gasteiger partial charge on any atom is -0.487 e. The fourth-order valence-electron chi connectivity index (χ4n) is 4.82. The third-order valence-corrected chi connectivity index (χ3v) is 6.83. The maximum absolute atomic E-state index is 13.1. The molecule has 30 heavy (non-hydrogen) atoms. The van der Waals surface area contributed by atoms with Gasteiger partial charge >= 0.3 is 0 Å². The van der Waals surface area contributed by atoms with E-state index in [0.29, 0.717) is 0 Å². The third-order valence-electron chi connectivity index (χ3n) is 6.83. The number of nitrogens with one attached hydrogen (secondary N) is 1. The van der Waals surface area contributed by atoms with Gasteiger partial charge in [-0.05, 0) is 68.7 Å². The molecular weight excluding hydrogens is 374 g/mol. The summed E-state index contributed by atoms with van der Waals surface area (Å²) < 4.78 is 12.5. The van der Waals surface area contributed by atoms with Crippen LogP contribution in [0.25, 0.3) is 0 Å². The Balaban J connectivity index is 1.50. The Hall–Kier alpha value is -2.49. The van der Waals surface area contributed by atoms with Crippen LogP contribution in [0.5, 0.6) is 11.5 Å². The molecule has 1 aliphatic carbocycles. The number of fused-ring (bicyclic) bond motifs is 2. The molecule has 2 aliphatic rings. The van der Waals surface area contributed by atoms with Gasteiger partial charge in [-0.2, -0.15) is 0 Å². The SMILES string of the molecule is CCC1(CC)C[C@@H](NC(=O)[C@H](C)Oc2cccc3c2CCCC3)c2ccccc2O1. The summed E-state index contributed by atoms with van der Waals surface area (Å²) in [6.45, 7) is 6.15. The molecule has 4 nitrogen and oxygen atoms in total. The van der Waals surface area contributed by atoms with Gasteiger partial charge in [0, 0.05) is 12.0 Å². The Morgan fingerprint density at radius 3 is 2.70 bits per heavy atom. The average Bonchev–Trinajstić information content (AvgIpc) is 2.79. The van der Waals surface area contributed by atoms with Gasteiger partial charge in [0.15, 0.2) is 6.10 Å². The van der Waals surface area contributed by atoms with E-state index in [-0.39, 0.29) is 17.6 Å². The first-order valence-corrected chi connectivity index (χ1v) is 11.4. The van der Waals surface area contributed by atoms with E-state index in [0.717, 1.165) is 49.2 Å². The van der Waals surface area contributed by atoms with Gasteiger partial charge in [-0.15, -0.1) is 0 Å². The van der Waals surface area contributed by atoms with Gasteiger partial charge in [-0.1, -0.05) is 44.2 Å². The molecule has 160 valence electrons. The van der Waals surface area contributed by atoms with Gasteiger partial charge in [0.05, 0.1) is 6.04 Å². The van der Waals surface area contributed by atoms with Crippen molar-refractivity contribution in [3.8, 4) is 11.5 Å². The van der Waals surface area contributed by atoms with Gasteiger partial charge in [0.1, 0.15) is 17.1 Å². The van der Waals surface area contributed by atoms with Gasteiger partial charge in [-0.25, -0.2) is 0 Å². The predicted molar refractivity (Wildman–Crippen MR) is 119 cm³/mol. The molecule has 0 spiro atoms. The second-order valence-electron chi connectivity index (χ2n) is 8.66. The Bertz CT molecular complexity index is 903. The summed E-state index contributed by atoms with van der Waals surface area (Å²) in [5, 5.41) is 3.25. The number of ether oxygens (including phenoxy) is 2. The zero-order chi connectivity index (χ0) is 21.1. The lowest BCUT2D eigenvalue weighted by molar-refractivity contribution is -0.128. The summed E-state index contributed by atoms with van der Waals surface area (Å²) in [5.74, 6) is 1.66. The molecule has 4 heteroatoms. The number of carbonyl (C=O) groups is 1. The number of hydrogen-bond acceptors (Lipinski definition) is 3. The summed E-state index contributed by atoms with van der Waals surface area (Å²) in [6.07, 6.45) is 6.58. The van der Waals surface area contributed by atoms with Crippen LogP contribution in [0.3, 0.4) is 0 Å². The summed E-state index contributed by atoms with van der Waals surface area (Å²) in [7, 11) is 0. The van der Waals surface area contributed by atoms with Crippen molar-refractivity contribution in [3.05, 3.63) is 59.2 Å². The standard InChI is InChI=1S/C26H33NO3/c1-4-26(5-2)17-22(21-14-8-9-15-24(21)30-26)27-25(28)18(3)29-23-16-10-12-19-11-6-7-13-20(19)23/h8-10,12,14-16,18,22H,4-7,11,13,17H2,1-3H3,(H,27,28)/t18-,22+/m0/s1. The summed E-state index contributed by atoms with van der Waals surface area (Å²) in [6, 6.07) is 14.2. The van der Waals surface area contributed by atoms with Crippen LogP contribution in [0.15, 0.2) is 42.5 Å². The Morgan fingerprint density at radius 2 is 1.90 bits per heavy atom. The molecule has 0 aromatic heterocycles. The highest BCUT2D eigenvalue weighted by atomic mass is 16.5. The van der Waals surface area contributed by atoms with E-state index in [4.69, 9.17) is 9.47 Å². The fraction of sp³-hybridized carbons (Fsp3) is 0.500. The van der Waals surface area contributed by atoms with E-state index in [1.54, 1.807) is 0 Å². The molecule has 1 N–H and O–H groups in total. The van der Waals surface area contributed by atoms with Gasteiger partial charge in [0.2, 0.25) is 0 Å². The van der Waals surface area contributed by atoms with Crippen molar-refractivity contribution in [3.63, 3.8) is 0 Å². The van der Waals surface area contributed by atoms with E-state index in [2.05, 4.69) is 31.3 Å². The Kier molecular flexibility index (Phi) is 6.03. The van der Waals surface area contributed by atoms with E-state index >= 15 is 0 Å². The van der Waals surface area contributed by atoms with Crippen LogP contribution in [0, 0.1) is 0 Å². The number of aryl methyl sites for hydroxylation is 1. The van der Waals surface area contributed by atoms with E-state index < -0.39 is 6.10 Å². The van der Waals surface area contributed by atoms with Crippen LogP contribution in [0.4, 0.5) is 0 Å². The van der Waals surface area contributed by atoms with E-state index in [1.165, 1.54) is 24.0 Å². The zero-order valence-corrected chi connectivity index (χ0v) is 18.4. The molecule has 2 aromatic carbocycles. The molecule has 4 rings (SSSR count). The molecular formula is C26H33NO3. The second kappa shape index (κ2) is 8.71. The minimum atomic E-state index is -0.550. The van der Waals surface area contributed by atoms with Crippen molar-refractivity contribution in [1.29, 1.82) is 0 Å². The zero-order valence-electron chi connectivity index (χ0n) is 18.4. The molecule has 2 aromatic rings. The van der Waals surface area contributed by atoms with Crippen molar-refractivity contribution in [1.82, 2.24) is 5.32 Å². The topological polar surface area (TPSA) is 47.6 Å². The number of hydrogen-bond donors (Lipinski definition) is 1. The summed E-state index contributed by atoms with van der Waals surface area (Å²) in [4.78, 5) is 13.1. The highest BCUT2D eigenvalue weighted by Gasteiger charge is 2.39. The van der Waals surface area contributed by atoms with Crippen LogP contribution < -0.4 is 14.8 Å². The number of para-hydroxylation sites is 1. The van der Waals surface area contributed by atoms with Gasteiger partial charge < -0.3 is 14.8 Å². The highest BCUT2D eigenvalue weighted by Crippen LogP contribution is 2.42. The number of amides is 1. The van der Waals surface area contributed by atoms with Crippen LogP contribution in [-0.4, -0.2) is 17.6 Å². The Morgan fingerprint density at radius 1 is 1.13 bits per heavy atom. The van der Waals surface area contributed by atoms with Crippen molar-refractivity contribution in [2.24, 2.45) is 0 Å². The normalized spacial score (nSPS) is 20.3. The molecule has 1 amide bonds. The molecule has 1 aliphatic heterocycles. The van der Waals surface area contributed by atoms with Crippen LogP contribution in [-0.2, 0) is 17.6 Å². The molecule has 0 saturated heterocycles. The lowest BCUT2D eigenvalue weighted by Crippen LogP contribution is -2.47. The fourth-order valence-corrected chi connectivity index (χ4v) is 4.82. The van der Waals surface area contributed by atoms with E-state index in [9.17, 15) is 4.79 Å².